The van der Waals surface area contributed by atoms with Crippen LogP contribution in [0.4, 0.5) is 0 Å². The number of oxime groups is 1. The molecule has 0 saturated carbocycles. The zero-order valence-corrected chi connectivity index (χ0v) is 15.7. The summed E-state index contributed by atoms with van der Waals surface area (Å²) in [6.07, 6.45) is 1.51. The normalized spacial score (nSPS) is 25.1. The molecule has 0 aromatic carbocycles. The summed E-state index contributed by atoms with van der Waals surface area (Å²) in [5, 5.41) is 17.1. The van der Waals surface area contributed by atoms with Gasteiger partial charge in [-0.1, -0.05) is 11.2 Å². The minimum atomic E-state index is -1.21. The van der Waals surface area contributed by atoms with E-state index in [2.05, 4.69) is 15.3 Å². The van der Waals surface area contributed by atoms with Gasteiger partial charge in [-0.25, -0.2) is 4.79 Å². The van der Waals surface area contributed by atoms with Gasteiger partial charge in [0.1, 0.15) is 24.2 Å². The van der Waals surface area contributed by atoms with Crippen LogP contribution in [0.15, 0.2) is 33.9 Å². The Labute approximate surface area is 157 Å². The second-order valence-corrected chi connectivity index (χ2v) is 8.20. The number of nitrogens with one attached hydrogen (secondary N) is 1. The van der Waals surface area contributed by atoms with Gasteiger partial charge in [0.05, 0.1) is 12.6 Å². The van der Waals surface area contributed by atoms with E-state index in [1.165, 1.54) is 41.3 Å². The Bertz CT molecular complexity index is 790. The Balaban J connectivity index is 1.77. The van der Waals surface area contributed by atoms with Gasteiger partial charge in [-0.2, -0.15) is 0 Å². The molecule has 8 nitrogen and oxygen atoms in total. The molecule has 10 heteroatoms. The molecule has 2 N–H and O–H groups in total. The number of carboxylic acids is 1. The highest BCUT2D eigenvalue weighted by atomic mass is 32.2. The van der Waals surface area contributed by atoms with Gasteiger partial charge in [0, 0.05) is 15.7 Å². The lowest BCUT2D eigenvalue weighted by atomic mass is 10.0. The predicted octanol–water partition coefficient (Wildman–Crippen LogP) is 1.05. The SMILES string of the molecule is CON=CC1=C(C(=O)O)N2C(=O)C(NC(=O)Cc3cccs3)[C@@H]2S[C@@H]1C. The second kappa shape index (κ2) is 7.50. The smallest absolute Gasteiger partial charge is 0.353 e. The standard InChI is InChI=1S/C16H17N3O5S2/c1-8-10(7-17-24-2)13(16(22)23)19-14(21)12(15(19)26-8)18-11(20)6-9-4-3-5-25-9/h3-5,7-8,12,15H,6H2,1-2H3,(H,18,20)(H,22,23)/t8-,12?,15+/m1/s1. The number of thiophene rings is 1. The van der Waals surface area contributed by atoms with Crippen molar-refractivity contribution in [2.45, 2.75) is 30.0 Å². The van der Waals surface area contributed by atoms with Crippen LogP contribution in [0.3, 0.4) is 0 Å². The fourth-order valence-electron chi connectivity index (χ4n) is 2.89. The van der Waals surface area contributed by atoms with Crippen LogP contribution in [0.5, 0.6) is 0 Å². The minimum absolute atomic E-state index is 0.115. The number of carboxylic acid groups (broad SMARTS) is 1. The Hall–Kier alpha value is -2.33. The number of aliphatic carboxylic acids is 1. The van der Waals surface area contributed by atoms with Crippen molar-refractivity contribution in [3.05, 3.63) is 33.7 Å². The Morgan fingerprint density at radius 2 is 2.27 bits per heavy atom. The van der Waals surface area contributed by atoms with E-state index in [-0.39, 0.29) is 23.3 Å². The van der Waals surface area contributed by atoms with Crippen LogP contribution in [-0.4, -0.2) is 57.8 Å². The molecule has 1 aromatic heterocycles. The number of amides is 2. The lowest BCUT2D eigenvalue weighted by Crippen LogP contribution is -2.71. The first kappa shape index (κ1) is 18.5. The fourth-order valence-corrected chi connectivity index (χ4v) is 5.00. The molecule has 1 aromatic rings. The van der Waals surface area contributed by atoms with Crippen LogP contribution in [0.2, 0.25) is 0 Å². The summed E-state index contributed by atoms with van der Waals surface area (Å²) in [6, 6.07) is 2.98. The third kappa shape index (κ3) is 3.34. The average Bonchev–Trinajstić information content (AvgIpc) is 3.10. The molecular formula is C16H17N3O5S2. The zero-order valence-electron chi connectivity index (χ0n) is 14.0. The molecule has 1 fully saturated rings. The maximum Gasteiger partial charge on any atom is 0.353 e. The Morgan fingerprint density at radius 1 is 1.50 bits per heavy atom. The molecule has 26 heavy (non-hydrogen) atoms. The van der Waals surface area contributed by atoms with Crippen molar-refractivity contribution < 1.29 is 24.3 Å². The summed E-state index contributed by atoms with van der Waals surface area (Å²) in [5.41, 5.74) is 0.285. The van der Waals surface area contributed by atoms with E-state index in [0.717, 1.165) is 4.88 Å². The number of carbonyl (C=O) groups excluding carboxylic acids is 2. The molecule has 3 atom stereocenters. The van der Waals surface area contributed by atoms with Crippen molar-refractivity contribution >= 4 is 47.1 Å². The molecule has 2 aliphatic heterocycles. The third-order valence-electron chi connectivity index (χ3n) is 4.07. The van der Waals surface area contributed by atoms with E-state index in [1.54, 1.807) is 0 Å². The van der Waals surface area contributed by atoms with Gasteiger partial charge in [-0.3, -0.25) is 14.5 Å². The summed E-state index contributed by atoms with van der Waals surface area (Å²) in [5.74, 6) is -1.91. The summed E-state index contributed by atoms with van der Waals surface area (Å²) >= 11 is 2.87. The van der Waals surface area contributed by atoms with Crippen LogP contribution in [0, 0.1) is 0 Å². The molecule has 138 valence electrons. The van der Waals surface area contributed by atoms with Gasteiger partial charge in [-0.05, 0) is 18.4 Å². The summed E-state index contributed by atoms with van der Waals surface area (Å²) in [7, 11) is 1.36. The van der Waals surface area contributed by atoms with E-state index in [9.17, 15) is 19.5 Å². The van der Waals surface area contributed by atoms with Crippen LogP contribution in [0.1, 0.15) is 11.8 Å². The Morgan fingerprint density at radius 3 is 2.88 bits per heavy atom. The molecule has 0 aliphatic carbocycles. The van der Waals surface area contributed by atoms with Crippen LogP contribution in [0.25, 0.3) is 0 Å². The fraction of sp³-hybridized carbons (Fsp3) is 0.375. The third-order valence-corrected chi connectivity index (χ3v) is 6.37. The second-order valence-electron chi connectivity index (χ2n) is 5.70. The average molecular weight is 395 g/mol. The highest BCUT2D eigenvalue weighted by molar-refractivity contribution is 8.00. The summed E-state index contributed by atoms with van der Waals surface area (Å²) in [4.78, 5) is 43.1. The van der Waals surface area contributed by atoms with E-state index in [0.29, 0.717) is 5.57 Å². The lowest BCUT2D eigenvalue weighted by molar-refractivity contribution is -0.150. The lowest BCUT2D eigenvalue weighted by Gasteiger charge is -2.50. The first-order chi connectivity index (χ1) is 12.4. The molecule has 3 heterocycles. The number of hydrogen-bond acceptors (Lipinski definition) is 7. The molecule has 2 amide bonds. The topological polar surface area (TPSA) is 108 Å². The van der Waals surface area contributed by atoms with Gasteiger partial charge >= 0.3 is 5.97 Å². The molecule has 3 rings (SSSR count). The van der Waals surface area contributed by atoms with Gasteiger partial charge in [0.25, 0.3) is 5.91 Å². The van der Waals surface area contributed by atoms with Crippen molar-refractivity contribution in [3.63, 3.8) is 0 Å². The molecule has 0 spiro atoms. The van der Waals surface area contributed by atoms with E-state index in [1.807, 2.05) is 24.4 Å². The van der Waals surface area contributed by atoms with Crippen molar-refractivity contribution in [3.8, 4) is 0 Å². The molecule has 2 aliphatic rings. The quantitative estimate of drug-likeness (QED) is 0.423. The number of hydrogen-bond donors (Lipinski definition) is 2. The van der Waals surface area contributed by atoms with E-state index in [4.69, 9.17) is 0 Å². The molecule has 1 unspecified atom stereocenters. The number of β-lactam (4-membered cyclic amide) rings is 1. The number of carbonyl (C=O) groups is 3. The van der Waals surface area contributed by atoms with Gasteiger partial charge in [-0.15, -0.1) is 23.1 Å². The number of fused-ring (bicyclic) bond motifs is 1. The van der Waals surface area contributed by atoms with E-state index < -0.39 is 23.3 Å². The van der Waals surface area contributed by atoms with Gasteiger partial charge in [0.2, 0.25) is 5.91 Å². The van der Waals surface area contributed by atoms with Crippen LogP contribution < -0.4 is 5.32 Å². The number of nitrogens with zero attached hydrogens (tertiary/aromatic N) is 2. The van der Waals surface area contributed by atoms with E-state index >= 15 is 0 Å². The van der Waals surface area contributed by atoms with Crippen molar-refractivity contribution in [2.75, 3.05) is 7.11 Å². The van der Waals surface area contributed by atoms with Gasteiger partial charge < -0.3 is 15.3 Å². The maximum absolute atomic E-state index is 12.5. The predicted molar refractivity (Wildman–Crippen MR) is 97.8 cm³/mol. The van der Waals surface area contributed by atoms with Crippen molar-refractivity contribution in [1.29, 1.82) is 0 Å². The monoisotopic (exact) mass is 395 g/mol. The molecule has 1 saturated heterocycles. The van der Waals surface area contributed by atoms with Gasteiger partial charge in [0.15, 0.2) is 0 Å². The summed E-state index contributed by atoms with van der Waals surface area (Å²) in [6.45, 7) is 1.83. The number of rotatable bonds is 6. The van der Waals surface area contributed by atoms with Crippen LogP contribution in [-0.2, 0) is 25.6 Å². The number of thioether (sulfide) groups is 1. The molecular weight excluding hydrogens is 378 g/mol. The largest absolute Gasteiger partial charge is 0.477 e. The highest BCUT2D eigenvalue weighted by Gasteiger charge is 2.55. The maximum atomic E-state index is 12.5. The first-order valence-corrected chi connectivity index (χ1v) is 9.60. The molecule has 0 radical (unpaired) electrons. The zero-order chi connectivity index (χ0) is 18.8. The van der Waals surface area contributed by atoms with Crippen molar-refractivity contribution in [1.82, 2.24) is 10.2 Å². The first-order valence-electron chi connectivity index (χ1n) is 7.78. The highest BCUT2D eigenvalue weighted by Crippen LogP contribution is 2.43. The molecule has 0 bridgehead atoms. The Kier molecular flexibility index (Phi) is 5.33. The minimum Gasteiger partial charge on any atom is -0.477 e. The summed E-state index contributed by atoms with van der Waals surface area (Å²) < 4.78 is 0. The van der Waals surface area contributed by atoms with Crippen molar-refractivity contribution in [2.24, 2.45) is 5.16 Å². The van der Waals surface area contributed by atoms with Crippen LogP contribution >= 0.6 is 23.1 Å².